The highest BCUT2D eigenvalue weighted by Gasteiger charge is 2.32. The molecule has 0 heterocycles. The number of primary amides is 1. The van der Waals surface area contributed by atoms with Gasteiger partial charge in [-0.05, 0) is 42.9 Å². The first-order valence-corrected chi connectivity index (χ1v) is 7.09. The molecule has 0 saturated heterocycles. The molecule has 7 nitrogen and oxygen atoms in total. The van der Waals surface area contributed by atoms with Crippen molar-refractivity contribution in [3.05, 3.63) is 32.8 Å². The van der Waals surface area contributed by atoms with Crippen LogP contribution < -0.4 is 15.8 Å². The largest absolute Gasteiger partial charge is 0.489 e. The summed E-state index contributed by atoms with van der Waals surface area (Å²) >= 11 is 3.16. The lowest BCUT2D eigenvalue weighted by Crippen LogP contribution is -2.53. The second kappa shape index (κ2) is 6.86. The topological polar surface area (TPSA) is 107 Å². The van der Waals surface area contributed by atoms with Gasteiger partial charge in [0.25, 0.3) is 5.69 Å². The summed E-state index contributed by atoms with van der Waals surface area (Å²) in [6.45, 7) is 3.45. The lowest BCUT2D eigenvalue weighted by Gasteiger charge is -2.29. The molecule has 0 spiro atoms. The van der Waals surface area contributed by atoms with Gasteiger partial charge in [0.1, 0.15) is 10.2 Å². The Morgan fingerprint density at radius 1 is 1.62 bits per heavy atom. The molecule has 1 amide bonds. The molecule has 0 fully saturated rings. The molecule has 0 radical (unpaired) electrons. The molecule has 2 atom stereocenters. The monoisotopic (exact) mass is 359 g/mol. The van der Waals surface area contributed by atoms with Gasteiger partial charge in [0.15, 0.2) is 0 Å². The van der Waals surface area contributed by atoms with E-state index in [0.29, 0.717) is 12.2 Å². The SMILES string of the molecule is CNC(C)(CC(C)Oc1cccc([N+](=O)[O-])c1Br)C(N)=O. The van der Waals surface area contributed by atoms with Crippen molar-refractivity contribution in [2.24, 2.45) is 5.73 Å². The Balaban J connectivity index is 2.89. The summed E-state index contributed by atoms with van der Waals surface area (Å²) in [6, 6.07) is 4.54. The van der Waals surface area contributed by atoms with E-state index in [-0.39, 0.29) is 16.3 Å². The molecular weight excluding hydrogens is 342 g/mol. The molecular formula is C13H18BrN3O4. The summed E-state index contributed by atoms with van der Waals surface area (Å²) in [4.78, 5) is 21.8. The van der Waals surface area contributed by atoms with Crippen molar-refractivity contribution in [3.63, 3.8) is 0 Å². The fraction of sp³-hybridized carbons (Fsp3) is 0.462. The second-order valence-corrected chi connectivity index (χ2v) is 5.72. The van der Waals surface area contributed by atoms with E-state index in [1.807, 2.05) is 0 Å². The van der Waals surface area contributed by atoms with Gasteiger partial charge in [-0.15, -0.1) is 0 Å². The van der Waals surface area contributed by atoms with Gasteiger partial charge >= 0.3 is 0 Å². The van der Waals surface area contributed by atoms with Crippen molar-refractivity contribution in [2.45, 2.75) is 31.9 Å². The first kappa shape index (κ1) is 17.4. The maximum atomic E-state index is 11.5. The number of hydrogen-bond donors (Lipinski definition) is 2. The van der Waals surface area contributed by atoms with Crippen LogP contribution in [0.3, 0.4) is 0 Å². The Bertz CT molecular complexity index is 552. The zero-order chi connectivity index (χ0) is 16.2. The summed E-state index contributed by atoms with van der Waals surface area (Å²) in [6.07, 6.45) is -0.0400. The number of nitrogens with one attached hydrogen (secondary N) is 1. The molecule has 8 heteroatoms. The minimum atomic E-state index is -0.910. The number of halogens is 1. The Hall–Kier alpha value is -1.67. The van der Waals surface area contributed by atoms with Gasteiger partial charge in [0, 0.05) is 12.5 Å². The number of hydrogen-bond acceptors (Lipinski definition) is 5. The lowest BCUT2D eigenvalue weighted by atomic mass is 9.94. The summed E-state index contributed by atoms with van der Waals surface area (Å²) in [5, 5.41) is 13.7. The minimum absolute atomic E-state index is 0.0778. The zero-order valence-electron chi connectivity index (χ0n) is 12.1. The number of amides is 1. The normalized spacial score (nSPS) is 15.0. The van der Waals surface area contributed by atoms with Crippen LogP contribution in [0.1, 0.15) is 20.3 Å². The van der Waals surface area contributed by atoms with E-state index < -0.39 is 16.4 Å². The summed E-state index contributed by atoms with van der Waals surface area (Å²) in [5.74, 6) is -0.141. The third kappa shape index (κ3) is 4.15. The van der Waals surface area contributed by atoms with Gasteiger partial charge < -0.3 is 15.8 Å². The van der Waals surface area contributed by atoms with Gasteiger partial charge in [0.2, 0.25) is 5.91 Å². The van der Waals surface area contributed by atoms with Crippen molar-refractivity contribution in [1.82, 2.24) is 5.32 Å². The smallest absolute Gasteiger partial charge is 0.287 e. The molecule has 1 aromatic carbocycles. The van der Waals surface area contributed by atoms with Crippen LogP contribution in [0.15, 0.2) is 22.7 Å². The Labute approximate surface area is 131 Å². The summed E-state index contributed by atoms with van der Waals surface area (Å²) in [5.41, 5.74) is 4.37. The molecule has 0 aliphatic rings. The van der Waals surface area contributed by atoms with Crippen molar-refractivity contribution in [2.75, 3.05) is 7.05 Å². The molecule has 1 aromatic rings. The van der Waals surface area contributed by atoms with E-state index in [9.17, 15) is 14.9 Å². The number of likely N-dealkylation sites (N-methyl/N-ethyl adjacent to an activating group) is 1. The van der Waals surface area contributed by atoms with Crippen LogP contribution in [-0.2, 0) is 4.79 Å². The standard InChI is InChI=1S/C13H18BrN3O4/c1-8(7-13(2,16-3)12(15)18)21-10-6-4-5-9(11(10)14)17(19)20/h4-6,8,16H,7H2,1-3H3,(H2,15,18). The molecule has 0 bridgehead atoms. The minimum Gasteiger partial charge on any atom is -0.489 e. The highest BCUT2D eigenvalue weighted by atomic mass is 79.9. The Kier molecular flexibility index (Phi) is 5.68. The van der Waals surface area contributed by atoms with E-state index in [4.69, 9.17) is 10.5 Å². The van der Waals surface area contributed by atoms with Gasteiger partial charge in [-0.1, -0.05) is 6.07 Å². The predicted molar refractivity (Wildman–Crippen MR) is 82.2 cm³/mol. The molecule has 0 aliphatic carbocycles. The van der Waals surface area contributed by atoms with Crippen LogP contribution in [0.5, 0.6) is 5.75 Å². The van der Waals surface area contributed by atoms with Gasteiger partial charge in [0.05, 0.1) is 16.6 Å². The number of rotatable bonds is 7. The highest BCUT2D eigenvalue weighted by Crippen LogP contribution is 2.34. The fourth-order valence-electron chi connectivity index (χ4n) is 1.89. The van der Waals surface area contributed by atoms with Crippen LogP contribution in [0.2, 0.25) is 0 Å². The van der Waals surface area contributed by atoms with E-state index in [0.717, 1.165) is 0 Å². The molecule has 0 saturated carbocycles. The van der Waals surface area contributed by atoms with Crippen molar-refractivity contribution < 1.29 is 14.5 Å². The molecule has 21 heavy (non-hydrogen) atoms. The first-order valence-electron chi connectivity index (χ1n) is 6.29. The lowest BCUT2D eigenvalue weighted by molar-refractivity contribution is -0.385. The number of carbonyl (C=O) groups is 1. The summed E-state index contributed by atoms with van der Waals surface area (Å²) < 4.78 is 5.95. The molecule has 3 N–H and O–H groups in total. The molecule has 2 unspecified atom stereocenters. The molecule has 116 valence electrons. The molecule has 0 aromatic heterocycles. The van der Waals surface area contributed by atoms with Gasteiger partial charge in [-0.3, -0.25) is 14.9 Å². The number of benzene rings is 1. The average Bonchev–Trinajstić information content (AvgIpc) is 2.40. The van der Waals surface area contributed by atoms with Crippen LogP contribution in [-0.4, -0.2) is 29.5 Å². The summed E-state index contributed by atoms with van der Waals surface area (Å²) in [7, 11) is 1.64. The Morgan fingerprint density at radius 3 is 2.71 bits per heavy atom. The number of carbonyl (C=O) groups excluding carboxylic acids is 1. The van der Waals surface area contributed by atoms with Crippen molar-refractivity contribution >= 4 is 27.5 Å². The third-order valence-electron chi connectivity index (χ3n) is 3.26. The van der Waals surface area contributed by atoms with Gasteiger partial charge in [-0.2, -0.15) is 0 Å². The number of ether oxygens (including phenoxy) is 1. The quantitative estimate of drug-likeness (QED) is 0.571. The molecule has 1 rings (SSSR count). The van der Waals surface area contributed by atoms with Crippen molar-refractivity contribution in [1.29, 1.82) is 0 Å². The zero-order valence-corrected chi connectivity index (χ0v) is 13.6. The van der Waals surface area contributed by atoms with Crippen molar-refractivity contribution in [3.8, 4) is 5.75 Å². The third-order valence-corrected chi connectivity index (χ3v) is 4.06. The van der Waals surface area contributed by atoms with Crippen LogP contribution >= 0.6 is 15.9 Å². The number of nitro benzene ring substituents is 1. The van der Waals surface area contributed by atoms with E-state index in [2.05, 4.69) is 21.2 Å². The first-order chi connectivity index (χ1) is 9.71. The van der Waals surface area contributed by atoms with E-state index in [1.54, 1.807) is 27.0 Å². The maximum Gasteiger partial charge on any atom is 0.287 e. The predicted octanol–water partition coefficient (Wildman–Crippen LogP) is 1.98. The highest BCUT2D eigenvalue weighted by molar-refractivity contribution is 9.10. The number of nitrogens with zero attached hydrogens (tertiary/aromatic N) is 1. The van der Waals surface area contributed by atoms with E-state index in [1.165, 1.54) is 12.1 Å². The average molecular weight is 360 g/mol. The van der Waals surface area contributed by atoms with E-state index >= 15 is 0 Å². The second-order valence-electron chi connectivity index (χ2n) is 4.93. The van der Waals surface area contributed by atoms with Gasteiger partial charge in [-0.25, -0.2) is 0 Å². The van der Waals surface area contributed by atoms with Crippen LogP contribution in [0, 0.1) is 10.1 Å². The Morgan fingerprint density at radius 2 is 2.24 bits per heavy atom. The van der Waals surface area contributed by atoms with Crippen LogP contribution in [0.25, 0.3) is 0 Å². The number of nitrogens with two attached hydrogens (primary N) is 1. The maximum absolute atomic E-state index is 11.5. The number of nitro groups is 1. The molecule has 0 aliphatic heterocycles. The fourth-order valence-corrected chi connectivity index (χ4v) is 2.39. The van der Waals surface area contributed by atoms with Crippen LogP contribution in [0.4, 0.5) is 5.69 Å².